The van der Waals surface area contributed by atoms with Crippen LogP contribution in [0, 0.1) is 12.3 Å². The summed E-state index contributed by atoms with van der Waals surface area (Å²) in [6.07, 6.45) is -0.631. The molecule has 1 rings (SSSR count). The van der Waals surface area contributed by atoms with E-state index in [-0.39, 0.29) is 29.2 Å². The lowest BCUT2D eigenvalue weighted by Crippen LogP contribution is -2.39. The van der Waals surface area contributed by atoms with Gasteiger partial charge in [-0.2, -0.15) is 0 Å². The number of carbonyl (C=O) groups excluding carboxylic acids is 1. The van der Waals surface area contributed by atoms with Gasteiger partial charge in [0.25, 0.3) is 5.91 Å². The predicted octanol–water partition coefficient (Wildman–Crippen LogP) is 1.84. The van der Waals surface area contributed by atoms with Gasteiger partial charge >= 0.3 is 0 Å². The van der Waals surface area contributed by atoms with Crippen molar-refractivity contribution in [2.75, 3.05) is 6.54 Å². The second kappa shape index (κ2) is 5.40. The topological polar surface area (TPSA) is 69.6 Å². The Hall–Kier alpha value is -1.55. The maximum atomic E-state index is 11.9. The molecule has 0 heterocycles. The van der Waals surface area contributed by atoms with Gasteiger partial charge in [0.1, 0.15) is 5.75 Å². The average Bonchev–Trinajstić information content (AvgIpc) is 2.27. The lowest BCUT2D eigenvalue weighted by atomic mass is 9.89. The fourth-order valence-corrected chi connectivity index (χ4v) is 1.42. The molecule has 0 aliphatic rings. The molecule has 0 bridgehead atoms. The second-order valence-electron chi connectivity index (χ2n) is 5.61. The Labute approximate surface area is 108 Å². The SMILES string of the molecule is Cc1ccc(O)c(C(=O)NCC(O)C(C)(C)C)c1. The first-order valence-electron chi connectivity index (χ1n) is 5.97. The largest absolute Gasteiger partial charge is 0.507 e. The Morgan fingerprint density at radius 1 is 1.39 bits per heavy atom. The maximum absolute atomic E-state index is 11.9. The second-order valence-corrected chi connectivity index (χ2v) is 5.61. The summed E-state index contributed by atoms with van der Waals surface area (Å²) in [5.41, 5.74) is 0.840. The zero-order valence-electron chi connectivity index (χ0n) is 11.3. The van der Waals surface area contributed by atoms with Crippen LogP contribution < -0.4 is 5.32 Å². The highest BCUT2D eigenvalue weighted by molar-refractivity contribution is 5.96. The molecule has 1 unspecified atom stereocenters. The molecule has 0 aliphatic heterocycles. The Balaban J connectivity index is 2.69. The molecule has 4 heteroatoms. The van der Waals surface area contributed by atoms with E-state index in [9.17, 15) is 15.0 Å². The number of aliphatic hydroxyl groups excluding tert-OH is 1. The minimum absolute atomic E-state index is 0.0525. The number of benzene rings is 1. The summed E-state index contributed by atoms with van der Waals surface area (Å²) in [6, 6.07) is 4.84. The Bertz CT molecular complexity index is 435. The zero-order chi connectivity index (χ0) is 13.9. The van der Waals surface area contributed by atoms with Crippen molar-refractivity contribution in [3.05, 3.63) is 29.3 Å². The van der Waals surface area contributed by atoms with Crippen LogP contribution in [0.25, 0.3) is 0 Å². The van der Waals surface area contributed by atoms with Crippen molar-refractivity contribution < 1.29 is 15.0 Å². The van der Waals surface area contributed by atoms with Crippen molar-refractivity contribution in [2.45, 2.75) is 33.8 Å². The Morgan fingerprint density at radius 2 is 2.00 bits per heavy atom. The van der Waals surface area contributed by atoms with Crippen LogP contribution in [-0.2, 0) is 0 Å². The van der Waals surface area contributed by atoms with Crippen LogP contribution in [0.5, 0.6) is 5.75 Å². The molecule has 1 aromatic rings. The highest BCUT2D eigenvalue weighted by atomic mass is 16.3. The maximum Gasteiger partial charge on any atom is 0.255 e. The third-order valence-electron chi connectivity index (χ3n) is 2.85. The van der Waals surface area contributed by atoms with Gasteiger partial charge in [-0.05, 0) is 24.5 Å². The molecule has 18 heavy (non-hydrogen) atoms. The number of hydrogen-bond donors (Lipinski definition) is 3. The van der Waals surface area contributed by atoms with Crippen LogP contribution in [0.15, 0.2) is 18.2 Å². The van der Waals surface area contributed by atoms with Crippen molar-refractivity contribution in [1.82, 2.24) is 5.32 Å². The minimum Gasteiger partial charge on any atom is -0.507 e. The third-order valence-corrected chi connectivity index (χ3v) is 2.85. The van der Waals surface area contributed by atoms with Gasteiger partial charge in [0.15, 0.2) is 0 Å². The van der Waals surface area contributed by atoms with E-state index in [0.29, 0.717) is 0 Å². The molecule has 0 fully saturated rings. The number of aliphatic hydroxyl groups is 1. The van der Waals surface area contributed by atoms with Crippen LogP contribution in [0.1, 0.15) is 36.7 Å². The summed E-state index contributed by atoms with van der Waals surface area (Å²) < 4.78 is 0. The zero-order valence-corrected chi connectivity index (χ0v) is 11.3. The fraction of sp³-hybridized carbons (Fsp3) is 0.500. The summed E-state index contributed by atoms with van der Waals surface area (Å²) in [4.78, 5) is 11.9. The van der Waals surface area contributed by atoms with Gasteiger partial charge < -0.3 is 15.5 Å². The lowest BCUT2D eigenvalue weighted by Gasteiger charge is -2.25. The van der Waals surface area contributed by atoms with Gasteiger partial charge in [-0.1, -0.05) is 32.4 Å². The first kappa shape index (κ1) is 14.5. The number of phenols is 1. The van der Waals surface area contributed by atoms with E-state index in [4.69, 9.17) is 0 Å². The van der Waals surface area contributed by atoms with Crippen molar-refractivity contribution >= 4 is 5.91 Å². The standard InChI is InChI=1S/C14H21NO3/c1-9-5-6-11(16)10(7-9)13(18)15-8-12(17)14(2,3)4/h5-7,12,16-17H,8H2,1-4H3,(H,15,18). The highest BCUT2D eigenvalue weighted by Crippen LogP contribution is 2.20. The molecule has 3 N–H and O–H groups in total. The van der Waals surface area contributed by atoms with E-state index in [1.165, 1.54) is 6.07 Å². The molecule has 0 saturated heterocycles. The van der Waals surface area contributed by atoms with Crippen LogP contribution >= 0.6 is 0 Å². The molecule has 0 aliphatic carbocycles. The van der Waals surface area contributed by atoms with Crippen molar-refractivity contribution in [3.8, 4) is 5.75 Å². The summed E-state index contributed by atoms with van der Waals surface area (Å²) >= 11 is 0. The Kier molecular flexibility index (Phi) is 4.35. The number of phenolic OH excluding ortho intramolecular Hbond substituents is 1. The van der Waals surface area contributed by atoms with E-state index in [2.05, 4.69) is 5.32 Å². The van der Waals surface area contributed by atoms with Crippen LogP contribution in [0.3, 0.4) is 0 Å². The van der Waals surface area contributed by atoms with Crippen molar-refractivity contribution in [3.63, 3.8) is 0 Å². The number of aryl methyl sites for hydroxylation is 1. The molecule has 100 valence electrons. The van der Waals surface area contributed by atoms with Crippen molar-refractivity contribution in [2.24, 2.45) is 5.41 Å². The van der Waals surface area contributed by atoms with Gasteiger partial charge in [-0.25, -0.2) is 0 Å². The van der Waals surface area contributed by atoms with Gasteiger partial charge in [0.2, 0.25) is 0 Å². The number of rotatable bonds is 3. The van der Waals surface area contributed by atoms with E-state index in [1.807, 2.05) is 27.7 Å². The van der Waals surface area contributed by atoms with Gasteiger partial charge in [-0.3, -0.25) is 4.79 Å². The van der Waals surface area contributed by atoms with Crippen molar-refractivity contribution in [1.29, 1.82) is 0 Å². The lowest BCUT2D eigenvalue weighted by molar-refractivity contribution is 0.0586. The summed E-state index contributed by atoms with van der Waals surface area (Å²) in [7, 11) is 0. The summed E-state index contributed by atoms with van der Waals surface area (Å²) in [6.45, 7) is 7.70. The number of carbonyl (C=O) groups is 1. The van der Waals surface area contributed by atoms with Gasteiger partial charge in [0.05, 0.1) is 11.7 Å². The van der Waals surface area contributed by atoms with E-state index in [1.54, 1.807) is 12.1 Å². The third kappa shape index (κ3) is 3.74. The molecule has 4 nitrogen and oxygen atoms in total. The van der Waals surface area contributed by atoms with E-state index < -0.39 is 6.10 Å². The molecule has 0 aromatic heterocycles. The first-order chi connectivity index (χ1) is 8.21. The average molecular weight is 251 g/mol. The Morgan fingerprint density at radius 3 is 2.56 bits per heavy atom. The van der Waals surface area contributed by atoms with Crippen LogP contribution in [0.4, 0.5) is 0 Å². The quantitative estimate of drug-likeness (QED) is 0.767. The highest BCUT2D eigenvalue weighted by Gasteiger charge is 2.23. The fourth-order valence-electron chi connectivity index (χ4n) is 1.42. The molecule has 0 radical (unpaired) electrons. The summed E-state index contributed by atoms with van der Waals surface area (Å²) in [5, 5.41) is 22.1. The van der Waals surface area contributed by atoms with Gasteiger partial charge in [0, 0.05) is 6.54 Å². The van der Waals surface area contributed by atoms with Crippen LogP contribution in [0.2, 0.25) is 0 Å². The number of aromatic hydroxyl groups is 1. The molecule has 1 amide bonds. The smallest absolute Gasteiger partial charge is 0.255 e. The van der Waals surface area contributed by atoms with E-state index in [0.717, 1.165) is 5.56 Å². The van der Waals surface area contributed by atoms with E-state index >= 15 is 0 Å². The normalized spacial score (nSPS) is 13.2. The molecule has 0 saturated carbocycles. The monoisotopic (exact) mass is 251 g/mol. The molecular formula is C14H21NO3. The summed E-state index contributed by atoms with van der Waals surface area (Å²) in [5.74, 6) is -0.428. The minimum atomic E-state index is -0.631. The van der Waals surface area contributed by atoms with Crippen LogP contribution in [-0.4, -0.2) is 28.8 Å². The first-order valence-corrected chi connectivity index (χ1v) is 5.97. The molecular weight excluding hydrogens is 230 g/mol. The molecule has 0 spiro atoms. The molecule has 1 aromatic carbocycles. The number of amides is 1. The predicted molar refractivity (Wildman–Crippen MR) is 70.6 cm³/mol. The molecule has 1 atom stereocenters. The van der Waals surface area contributed by atoms with Gasteiger partial charge in [-0.15, -0.1) is 0 Å². The number of hydrogen-bond acceptors (Lipinski definition) is 3. The number of nitrogens with one attached hydrogen (secondary N) is 1.